The minimum absolute atomic E-state index is 0.0325. The summed E-state index contributed by atoms with van der Waals surface area (Å²) >= 11 is 0. The zero-order chi connectivity index (χ0) is 63.0. The molecule has 0 bridgehead atoms. The first-order valence-electron chi connectivity index (χ1n) is 30.1. The number of rotatable bonds is 12. The monoisotopic (exact) mass is 1230 g/mol. The van der Waals surface area contributed by atoms with E-state index in [1.807, 2.05) is 6.92 Å². The van der Waals surface area contributed by atoms with Gasteiger partial charge in [0.1, 0.15) is 91.6 Å². The van der Waals surface area contributed by atoms with Crippen LogP contribution in [0.25, 0.3) is 0 Å². The molecule has 86 heavy (non-hydrogen) atoms. The fourth-order valence-corrected chi connectivity index (χ4v) is 17.4. The molecule has 0 spiro atoms. The molecule has 5 aliphatic carbocycles. The minimum Gasteiger partial charge on any atom is -0.481 e. The van der Waals surface area contributed by atoms with Gasteiger partial charge in [-0.1, -0.05) is 46.3 Å². The Balaban J connectivity index is 0.916. The van der Waals surface area contributed by atoms with E-state index in [2.05, 4.69) is 33.8 Å². The van der Waals surface area contributed by atoms with Gasteiger partial charge >= 0.3 is 17.9 Å². The van der Waals surface area contributed by atoms with Crippen LogP contribution >= 0.6 is 0 Å². The Labute approximate surface area is 496 Å². The van der Waals surface area contributed by atoms with E-state index >= 15 is 4.79 Å². The van der Waals surface area contributed by atoms with Gasteiger partial charge in [-0.3, -0.25) is 9.59 Å². The molecule has 10 rings (SSSR count). The SMILES string of the molecule is CC1OC(OC(=O)C23CCC(C)(C)CC2C2=CCC4C5(C)CC(O)C(OC6OC(C(=O)O)C(O)C(O)C6O)C(C)(C(=O)O)C5CCC4(C)C2(C)CC3)C(OC2OC(C)C(OC3OCC(O)C(O)C3O)C(OC3OCC(O)C(O)C3O)C2O)C(O)C1O. The molecular formula is C58H90O28. The van der Waals surface area contributed by atoms with Crippen molar-refractivity contribution in [2.75, 3.05) is 13.2 Å². The molecule has 0 aromatic carbocycles. The van der Waals surface area contributed by atoms with E-state index in [1.165, 1.54) is 20.8 Å². The van der Waals surface area contributed by atoms with Gasteiger partial charge in [-0.15, -0.1) is 0 Å². The second-order valence-electron chi connectivity index (χ2n) is 28.1. The van der Waals surface area contributed by atoms with Crippen LogP contribution in [0.3, 0.4) is 0 Å². The minimum atomic E-state index is -2.03. The van der Waals surface area contributed by atoms with Gasteiger partial charge in [0.2, 0.25) is 6.29 Å². The highest BCUT2D eigenvalue weighted by molar-refractivity contribution is 5.79. The summed E-state index contributed by atoms with van der Waals surface area (Å²) < 4.78 is 59.7. The smallest absolute Gasteiger partial charge is 0.335 e. The van der Waals surface area contributed by atoms with Crippen molar-refractivity contribution in [2.45, 2.75) is 267 Å². The molecule has 9 fully saturated rings. The van der Waals surface area contributed by atoms with Crippen LogP contribution in [-0.2, 0) is 61.8 Å². The number of esters is 1. The molecular weight excluding hydrogens is 1140 g/mol. The lowest BCUT2D eigenvalue weighted by Crippen LogP contribution is -2.70. The highest BCUT2D eigenvalue weighted by atomic mass is 16.8. The summed E-state index contributed by atoms with van der Waals surface area (Å²) in [6.45, 7) is 14.0. The van der Waals surface area contributed by atoms with Crippen molar-refractivity contribution in [3.05, 3.63) is 11.6 Å². The number of aliphatic hydroxyl groups excluding tert-OH is 13. The molecule has 5 aliphatic heterocycles. The molecule has 490 valence electrons. The Morgan fingerprint density at radius 1 is 0.523 bits per heavy atom. The highest BCUT2D eigenvalue weighted by Gasteiger charge is 2.73. The molecule has 15 N–H and O–H groups in total. The summed E-state index contributed by atoms with van der Waals surface area (Å²) in [6.07, 6.45) is -37.2. The third kappa shape index (κ3) is 10.7. The first kappa shape index (κ1) is 66.2. The summed E-state index contributed by atoms with van der Waals surface area (Å²) in [7, 11) is 0. The predicted molar refractivity (Wildman–Crippen MR) is 285 cm³/mol. The summed E-state index contributed by atoms with van der Waals surface area (Å²) in [5.74, 6) is -4.97. The van der Waals surface area contributed by atoms with E-state index in [9.17, 15) is 86.2 Å². The lowest BCUT2D eigenvalue weighted by Gasteiger charge is -2.71. The zero-order valence-corrected chi connectivity index (χ0v) is 49.5. The Bertz CT molecular complexity index is 2520. The molecule has 33 atom stereocenters. The zero-order valence-electron chi connectivity index (χ0n) is 49.5. The van der Waals surface area contributed by atoms with E-state index < -0.39 is 224 Å². The highest BCUT2D eigenvalue weighted by Crippen LogP contribution is 2.76. The molecule has 0 radical (unpaired) electrons. The maximum absolute atomic E-state index is 15.6. The van der Waals surface area contributed by atoms with Gasteiger partial charge < -0.3 is 124 Å². The molecule has 0 aromatic heterocycles. The molecule has 28 nitrogen and oxygen atoms in total. The number of carboxylic acids is 2. The standard InChI is InChI=1S/C58H90O28/c1-21-30(62)34(66)43(84-49-39(71)41(82-47-37(69)32(64)27(61)20-78-47)40(22(2)80-49)81-46-36(68)31(63)26(60)19-77-46)50(79-21)86-52(76)58-15-13-53(3,4)17-24(58)23-9-10-28-54(5)18-25(59)44(85-48-38(70)33(65)35(67)42(83-48)45(72)73)57(8,51(74)75)29(54)11-12-56(28,7)55(23,6)14-16-58/h9,21-22,24-44,46-50,59-71H,10-20H2,1-8H3,(H,72,73)(H,74,75). The number of hydrogen-bond donors (Lipinski definition) is 15. The normalized spacial score (nSPS) is 54.6. The van der Waals surface area contributed by atoms with Crippen molar-refractivity contribution in [1.29, 1.82) is 0 Å². The van der Waals surface area contributed by atoms with Crippen LogP contribution < -0.4 is 0 Å². The van der Waals surface area contributed by atoms with Crippen molar-refractivity contribution >= 4 is 17.9 Å². The molecule has 10 aliphatic rings. The van der Waals surface area contributed by atoms with Crippen molar-refractivity contribution in [1.82, 2.24) is 0 Å². The molecule has 0 amide bonds. The third-order valence-electron chi connectivity index (χ3n) is 22.7. The van der Waals surface area contributed by atoms with Crippen LogP contribution in [0.2, 0.25) is 0 Å². The lowest BCUT2D eigenvalue weighted by atomic mass is 9.33. The lowest BCUT2D eigenvalue weighted by molar-refractivity contribution is -0.390. The molecule has 28 heteroatoms. The molecule has 4 saturated carbocycles. The summed E-state index contributed by atoms with van der Waals surface area (Å²) in [5.41, 5.74) is -4.34. The van der Waals surface area contributed by atoms with Crippen molar-refractivity contribution in [3.63, 3.8) is 0 Å². The first-order chi connectivity index (χ1) is 40.1. The summed E-state index contributed by atoms with van der Waals surface area (Å²) in [5, 5.41) is 163. The van der Waals surface area contributed by atoms with Crippen LogP contribution in [0.1, 0.15) is 113 Å². The number of allylic oxidation sites excluding steroid dienone is 2. The predicted octanol–water partition coefficient (Wildman–Crippen LogP) is -2.75. The van der Waals surface area contributed by atoms with E-state index in [4.69, 9.17) is 47.4 Å². The maximum Gasteiger partial charge on any atom is 0.335 e. The fourth-order valence-electron chi connectivity index (χ4n) is 17.4. The average molecular weight is 1240 g/mol. The van der Waals surface area contributed by atoms with Gasteiger partial charge in [-0.2, -0.15) is 0 Å². The van der Waals surface area contributed by atoms with Crippen LogP contribution in [0.5, 0.6) is 0 Å². The van der Waals surface area contributed by atoms with Gasteiger partial charge in [0.15, 0.2) is 37.4 Å². The number of carboxylic acid groups (broad SMARTS) is 2. The van der Waals surface area contributed by atoms with E-state index in [0.717, 1.165) is 5.57 Å². The number of hydrogen-bond acceptors (Lipinski definition) is 26. The second kappa shape index (κ2) is 23.7. The Morgan fingerprint density at radius 2 is 1.08 bits per heavy atom. The van der Waals surface area contributed by atoms with Crippen LogP contribution in [-0.4, -0.2) is 261 Å². The van der Waals surface area contributed by atoms with Gasteiger partial charge in [0.05, 0.1) is 42.4 Å². The van der Waals surface area contributed by atoms with Crippen LogP contribution in [0.4, 0.5) is 0 Å². The van der Waals surface area contributed by atoms with E-state index in [1.54, 1.807) is 0 Å². The van der Waals surface area contributed by atoms with E-state index in [-0.39, 0.29) is 17.8 Å². The fraction of sp³-hybridized carbons (Fsp3) is 0.914. The number of aliphatic hydroxyl groups is 13. The van der Waals surface area contributed by atoms with E-state index in [0.29, 0.717) is 51.4 Å². The number of fused-ring (bicyclic) bond motifs is 7. The largest absolute Gasteiger partial charge is 0.481 e. The number of aliphatic carboxylic acids is 2. The maximum atomic E-state index is 15.6. The van der Waals surface area contributed by atoms with Crippen LogP contribution in [0.15, 0.2) is 11.6 Å². The van der Waals surface area contributed by atoms with Crippen molar-refractivity contribution in [3.8, 4) is 0 Å². The summed E-state index contributed by atoms with van der Waals surface area (Å²) in [6, 6.07) is 0. The molecule has 5 heterocycles. The topological polar surface area (TPSA) is 447 Å². The average Bonchev–Trinajstić information content (AvgIpc) is 0.693. The number of carbonyl (C=O) groups excluding carboxylic acids is 1. The Hall–Kier alpha value is -2.73. The van der Waals surface area contributed by atoms with Crippen molar-refractivity contribution in [2.24, 2.45) is 50.2 Å². The Morgan fingerprint density at radius 3 is 1.69 bits per heavy atom. The molecule has 33 unspecified atom stereocenters. The quantitative estimate of drug-likeness (QED) is 0.0535. The van der Waals surface area contributed by atoms with Gasteiger partial charge in [0, 0.05) is 0 Å². The van der Waals surface area contributed by atoms with Gasteiger partial charge in [-0.05, 0) is 118 Å². The molecule has 5 saturated heterocycles. The van der Waals surface area contributed by atoms with Gasteiger partial charge in [0.25, 0.3) is 0 Å². The number of ether oxygens (including phenoxy) is 10. The Kier molecular flexibility index (Phi) is 18.3. The molecule has 0 aromatic rings. The third-order valence-corrected chi connectivity index (χ3v) is 22.7. The van der Waals surface area contributed by atoms with Crippen molar-refractivity contribution < 1.29 is 138 Å². The summed E-state index contributed by atoms with van der Waals surface area (Å²) in [4.78, 5) is 41.4. The van der Waals surface area contributed by atoms with Gasteiger partial charge in [-0.25, -0.2) is 4.79 Å². The van der Waals surface area contributed by atoms with Crippen LogP contribution in [0, 0.1) is 50.2 Å². The number of carbonyl (C=O) groups is 3. The first-order valence-corrected chi connectivity index (χ1v) is 30.1. The second-order valence-corrected chi connectivity index (χ2v) is 28.1.